The van der Waals surface area contributed by atoms with Crippen LogP contribution in [0, 0.1) is 0 Å². The fourth-order valence-electron chi connectivity index (χ4n) is 7.81. The lowest BCUT2D eigenvalue weighted by Gasteiger charge is -2.26. The zero-order valence-corrected chi connectivity index (χ0v) is 28.5. The molecule has 0 amide bonds. The highest BCUT2D eigenvalue weighted by Crippen LogP contribution is 2.39. The van der Waals surface area contributed by atoms with Crippen LogP contribution in [0.25, 0.3) is 71.3 Å². The van der Waals surface area contributed by atoms with Gasteiger partial charge >= 0.3 is 0 Å². The van der Waals surface area contributed by atoms with Gasteiger partial charge in [0.05, 0.1) is 11.0 Å². The van der Waals surface area contributed by atoms with Crippen LogP contribution in [-0.2, 0) is 0 Å². The highest BCUT2D eigenvalue weighted by Gasteiger charge is 2.16. The molecule has 244 valence electrons. The number of rotatable bonds is 6. The second-order valence-corrected chi connectivity index (χ2v) is 13.4. The Hall–Kier alpha value is -6.90. The van der Waals surface area contributed by atoms with E-state index in [1.807, 2.05) is 0 Å². The third kappa shape index (κ3) is 5.12. The molecule has 0 saturated heterocycles. The normalized spacial score (nSPS) is 11.5. The van der Waals surface area contributed by atoms with E-state index in [2.05, 4.69) is 216 Å². The number of hydrogen-bond donors (Lipinski definition) is 0. The molecule has 0 aliphatic rings. The molecule has 0 radical (unpaired) electrons. The summed E-state index contributed by atoms with van der Waals surface area (Å²) in [7, 11) is 0. The largest absolute Gasteiger partial charge is 0.310 e. The van der Waals surface area contributed by atoms with Crippen LogP contribution in [0.3, 0.4) is 0 Å². The topological polar surface area (TPSA) is 8.17 Å². The van der Waals surface area contributed by atoms with Gasteiger partial charge in [-0.3, -0.25) is 0 Å². The van der Waals surface area contributed by atoms with Crippen LogP contribution in [0.15, 0.2) is 206 Å². The Morgan fingerprint density at radius 1 is 0.308 bits per heavy atom. The van der Waals surface area contributed by atoms with Crippen molar-refractivity contribution in [3.8, 4) is 27.9 Å². The summed E-state index contributed by atoms with van der Waals surface area (Å²) in [5, 5.41) is 7.49. The summed E-state index contributed by atoms with van der Waals surface area (Å²) in [6.45, 7) is 0. The van der Waals surface area contributed by atoms with Gasteiger partial charge in [-0.25, -0.2) is 0 Å². The maximum atomic E-state index is 2.42. The number of fused-ring (bicyclic) bond motifs is 6. The van der Waals surface area contributed by atoms with E-state index in [9.17, 15) is 0 Å². The average Bonchev–Trinajstić information content (AvgIpc) is 3.57. The Morgan fingerprint density at radius 3 is 1.65 bits per heavy atom. The summed E-state index contributed by atoms with van der Waals surface area (Å²) in [4.78, 5) is 2.33. The molecule has 0 spiro atoms. The van der Waals surface area contributed by atoms with Crippen molar-refractivity contribution in [2.75, 3.05) is 4.90 Å². The van der Waals surface area contributed by atoms with Crippen LogP contribution < -0.4 is 4.90 Å². The van der Waals surface area contributed by atoms with E-state index in [0.29, 0.717) is 0 Å². The van der Waals surface area contributed by atoms with Gasteiger partial charge in [-0.05, 0) is 99.1 Å². The van der Waals surface area contributed by atoms with Crippen molar-refractivity contribution in [1.29, 1.82) is 0 Å². The zero-order valence-electron chi connectivity index (χ0n) is 28.5. The summed E-state index contributed by atoms with van der Waals surface area (Å²) in [6.07, 6.45) is 0. The van der Waals surface area contributed by atoms with Crippen LogP contribution in [0.4, 0.5) is 17.1 Å². The van der Waals surface area contributed by atoms with E-state index in [1.54, 1.807) is 0 Å². The minimum absolute atomic E-state index is 1.12. The number of aromatic nitrogens is 1. The highest BCUT2D eigenvalue weighted by molar-refractivity contribution is 6.18. The molecular weight excluding hydrogens is 629 g/mol. The number of para-hydroxylation sites is 2. The van der Waals surface area contributed by atoms with Crippen molar-refractivity contribution in [1.82, 2.24) is 4.57 Å². The van der Waals surface area contributed by atoms with Crippen molar-refractivity contribution in [2.45, 2.75) is 0 Å². The highest BCUT2D eigenvalue weighted by atomic mass is 15.1. The van der Waals surface area contributed by atoms with E-state index in [1.165, 1.54) is 65.6 Å². The fourth-order valence-corrected chi connectivity index (χ4v) is 7.81. The Labute approximate surface area is 303 Å². The predicted molar refractivity (Wildman–Crippen MR) is 221 cm³/mol. The molecule has 2 heteroatoms. The molecule has 52 heavy (non-hydrogen) atoms. The Bertz CT molecular complexity index is 2870. The molecule has 1 heterocycles. The predicted octanol–water partition coefficient (Wildman–Crippen LogP) is 13.9. The lowest BCUT2D eigenvalue weighted by atomic mass is 10.00. The standard InChI is InChI=1S/C50H34N2/c1-3-11-35(12-4-1)36-21-27-43(28-22-36)51(42-14-5-2-6-15-42)45-31-25-40-33-39(19-20-41(40)34-45)37-23-29-44(30-24-37)52-49-18-10-9-17-47(49)48-32-26-38-13-7-8-16-46(38)50(48)52/h1-34H. The van der Waals surface area contributed by atoms with Crippen molar-refractivity contribution >= 4 is 60.4 Å². The summed E-state index contributed by atoms with van der Waals surface area (Å²) >= 11 is 0. The van der Waals surface area contributed by atoms with Crippen molar-refractivity contribution < 1.29 is 0 Å². The number of hydrogen-bond acceptors (Lipinski definition) is 1. The first kappa shape index (κ1) is 30.0. The fraction of sp³-hybridized carbons (Fsp3) is 0. The first-order valence-electron chi connectivity index (χ1n) is 17.8. The lowest BCUT2D eigenvalue weighted by molar-refractivity contribution is 1.19. The van der Waals surface area contributed by atoms with Crippen LogP contribution >= 0.6 is 0 Å². The van der Waals surface area contributed by atoms with Crippen LogP contribution in [-0.4, -0.2) is 4.57 Å². The molecule has 0 aliphatic heterocycles. The van der Waals surface area contributed by atoms with Gasteiger partial charge in [0.2, 0.25) is 0 Å². The molecule has 2 nitrogen and oxygen atoms in total. The van der Waals surface area contributed by atoms with E-state index < -0.39 is 0 Å². The third-order valence-corrected chi connectivity index (χ3v) is 10.3. The summed E-state index contributed by atoms with van der Waals surface area (Å²) in [6, 6.07) is 74.6. The van der Waals surface area contributed by atoms with Gasteiger partial charge < -0.3 is 9.47 Å². The molecule has 0 bridgehead atoms. The molecule has 9 aromatic carbocycles. The van der Waals surface area contributed by atoms with Gasteiger partial charge in [0.25, 0.3) is 0 Å². The van der Waals surface area contributed by atoms with Gasteiger partial charge in [-0.15, -0.1) is 0 Å². The smallest absolute Gasteiger partial charge is 0.0619 e. The molecule has 0 N–H and O–H groups in total. The van der Waals surface area contributed by atoms with E-state index in [-0.39, 0.29) is 0 Å². The maximum Gasteiger partial charge on any atom is 0.0619 e. The zero-order chi connectivity index (χ0) is 34.4. The second-order valence-electron chi connectivity index (χ2n) is 13.4. The molecule has 1 aromatic heterocycles. The number of anilines is 3. The number of nitrogens with zero attached hydrogens (tertiary/aromatic N) is 2. The molecule has 0 atom stereocenters. The monoisotopic (exact) mass is 662 g/mol. The minimum Gasteiger partial charge on any atom is -0.310 e. The van der Waals surface area contributed by atoms with Crippen molar-refractivity contribution in [2.24, 2.45) is 0 Å². The minimum atomic E-state index is 1.12. The van der Waals surface area contributed by atoms with Crippen molar-refractivity contribution in [3.63, 3.8) is 0 Å². The summed E-state index contributed by atoms with van der Waals surface area (Å²) < 4.78 is 2.42. The molecule has 10 rings (SSSR count). The molecule has 0 aliphatic carbocycles. The number of benzene rings is 9. The van der Waals surface area contributed by atoms with Gasteiger partial charge in [-0.1, -0.05) is 146 Å². The maximum absolute atomic E-state index is 2.42. The van der Waals surface area contributed by atoms with E-state index in [0.717, 1.165) is 22.7 Å². The second kappa shape index (κ2) is 12.5. The summed E-state index contributed by atoms with van der Waals surface area (Å²) in [5.74, 6) is 0. The van der Waals surface area contributed by atoms with Gasteiger partial charge in [-0.2, -0.15) is 0 Å². The SMILES string of the molecule is c1ccc(-c2ccc(N(c3ccccc3)c3ccc4cc(-c5ccc(-n6c7ccccc7c7ccc8ccccc8c76)cc5)ccc4c3)cc2)cc1. The average molecular weight is 663 g/mol. The van der Waals surface area contributed by atoms with Gasteiger partial charge in [0.15, 0.2) is 0 Å². The summed E-state index contributed by atoms with van der Waals surface area (Å²) in [5.41, 5.74) is 11.8. The first-order valence-corrected chi connectivity index (χ1v) is 17.8. The first-order chi connectivity index (χ1) is 25.8. The quantitative estimate of drug-likeness (QED) is 0.172. The van der Waals surface area contributed by atoms with E-state index >= 15 is 0 Å². The molecule has 0 unspecified atom stereocenters. The van der Waals surface area contributed by atoms with Crippen molar-refractivity contribution in [3.05, 3.63) is 206 Å². The Morgan fingerprint density at radius 2 is 0.846 bits per heavy atom. The molecule has 0 saturated carbocycles. The van der Waals surface area contributed by atoms with Gasteiger partial charge in [0.1, 0.15) is 0 Å². The molecule has 10 aromatic rings. The van der Waals surface area contributed by atoms with Crippen LogP contribution in [0.2, 0.25) is 0 Å². The van der Waals surface area contributed by atoms with E-state index in [4.69, 9.17) is 0 Å². The van der Waals surface area contributed by atoms with Crippen LogP contribution in [0.1, 0.15) is 0 Å². The molecule has 0 fully saturated rings. The lowest BCUT2D eigenvalue weighted by Crippen LogP contribution is -2.09. The molecular formula is C50H34N2. The van der Waals surface area contributed by atoms with Crippen LogP contribution in [0.5, 0.6) is 0 Å². The van der Waals surface area contributed by atoms with Gasteiger partial charge in [0, 0.05) is 38.9 Å². The Kier molecular flexibility index (Phi) is 7.18. The Balaban J connectivity index is 1.01. The third-order valence-electron chi connectivity index (χ3n) is 10.3.